The number of nitrogens with zero attached hydrogens (tertiary/aromatic N) is 2. The van der Waals surface area contributed by atoms with E-state index in [1.165, 1.54) is 38.2 Å². The second-order valence-electron chi connectivity index (χ2n) is 11.1. The van der Waals surface area contributed by atoms with Crippen LogP contribution < -0.4 is 0 Å². The van der Waals surface area contributed by atoms with Crippen LogP contribution >= 0.6 is 0 Å². The van der Waals surface area contributed by atoms with Crippen molar-refractivity contribution in [2.45, 2.75) is 12.6 Å². The number of allylic oxidation sites excluding steroid dienone is 6. The van der Waals surface area contributed by atoms with E-state index in [9.17, 15) is 0 Å². The Morgan fingerprint density at radius 3 is 2.31 bits per heavy atom. The quantitative estimate of drug-likeness (QED) is 0.205. The van der Waals surface area contributed by atoms with Gasteiger partial charge in [-0.1, -0.05) is 139 Å². The molecule has 2 unspecified atom stereocenters. The highest BCUT2D eigenvalue weighted by atomic mass is 15.0. The molecular weight excluding hydrogens is 508 g/mol. The maximum absolute atomic E-state index is 5.25. The van der Waals surface area contributed by atoms with Gasteiger partial charge in [0.15, 0.2) is 6.17 Å². The molecule has 0 bridgehead atoms. The van der Waals surface area contributed by atoms with Crippen LogP contribution in [-0.4, -0.2) is 11.4 Å². The summed E-state index contributed by atoms with van der Waals surface area (Å²) in [6, 6.07) is 39.0. The van der Waals surface area contributed by atoms with Gasteiger partial charge in [-0.2, -0.15) is 0 Å². The van der Waals surface area contributed by atoms with Gasteiger partial charge in [-0.05, 0) is 61.5 Å². The standard InChI is InChI=1S/C40H28N2/c1-3-11-32-24-34(22-16-27(32)8-1)38-26-39(35-23-17-28-9-2-4-12-33(28)25-35)42-40(41-38)31-20-18-30(19-21-31)37-15-7-13-29-10-5-6-14-36(29)37/h1,3-8,10-25,28,33,40H,26H2/t28?,33-,40?/m0/s1. The van der Waals surface area contributed by atoms with E-state index < -0.39 is 0 Å². The Labute approximate surface area is 246 Å². The largest absolute Gasteiger partial charge is 0.257 e. The summed E-state index contributed by atoms with van der Waals surface area (Å²) in [5.41, 5.74) is 8.01. The molecule has 0 saturated carbocycles. The van der Waals surface area contributed by atoms with Gasteiger partial charge in [-0.25, -0.2) is 0 Å². The molecule has 0 radical (unpaired) electrons. The molecule has 5 aromatic rings. The summed E-state index contributed by atoms with van der Waals surface area (Å²) in [5.74, 6) is 6.98. The van der Waals surface area contributed by atoms with Gasteiger partial charge in [0, 0.05) is 18.3 Å². The second kappa shape index (κ2) is 10.3. The Bertz CT molecular complexity index is 2070. The predicted molar refractivity (Wildman–Crippen MR) is 176 cm³/mol. The first-order valence-electron chi connectivity index (χ1n) is 14.6. The van der Waals surface area contributed by atoms with E-state index >= 15 is 0 Å². The summed E-state index contributed by atoms with van der Waals surface area (Å²) in [5, 5.41) is 4.97. The minimum Gasteiger partial charge on any atom is -0.257 e. The predicted octanol–water partition coefficient (Wildman–Crippen LogP) is 9.29. The van der Waals surface area contributed by atoms with Crippen LogP contribution in [0.4, 0.5) is 0 Å². The van der Waals surface area contributed by atoms with Crippen LogP contribution in [0.5, 0.6) is 0 Å². The zero-order chi connectivity index (χ0) is 27.9. The molecular formula is C40H28N2. The average molecular weight is 537 g/mol. The lowest BCUT2D eigenvalue weighted by Gasteiger charge is -2.25. The van der Waals surface area contributed by atoms with Crippen molar-refractivity contribution in [2.75, 3.05) is 0 Å². The van der Waals surface area contributed by atoms with Crippen molar-refractivity contribution >= 4 is 33.0 Å². The van der Waals surface area contributed by atoms with Gasteiger partial charge in [0.2, 0.25) is 0 Å². The molecule has 0 aromatic heterocycles. The van der Waals surface area contributed by atoms with Crippen LogP contribution in [0.2, 0.25) is 0 Å². The first-order valence-corrected chi connectivity index (χ1v) is 14.6. The molecule has 2 aliphatic carbocycles. The minimum absolute atomic E-state index is 0.244. The van der Waals surface area contributed by atoms with Crippen molar-refractivity contribution in [3.63, 3.8) is 0 Å². The van der Waals surface area contributed by atoms with Crippen LogP contribution in [-0.2, 0) is 0 Å². The van der Waals surface area contributed by atoms with Gasteiger partial charge >= 0.3 is 0 Å². The second-order valence-corrected chi connectivity index (χ2v) is 11.1. The van der Waals surface area contributed by atoms with Crippen LogP contribution in [0.15, 0.2) is 155 Å². The Kier molecular flexibility index (Phi) is 6.01. The van der Waals surface area contributed by atoms with Crippen molar-refractivity contribution in [1.82, 2.24) is 0 Å². The zero-order valence-electron chi connectivity index (χ0n) is 23.1. The fraction of sp³-hybridized carbons (Fsp3) is 0.100. The van der Waals surface area contributed by atoms with Crippen molar-refractivity contribution in [3.05, 3.63) is 156 Å². The third kappa shape index (κ3) is 4.50. The highest BCUT2D eigenvalue weighted by Gasteiger charge is 2.25. The van der Waals surface area contributed by atoms with Gasteiger partial charge in [0.1, 0.15) is 0 Å². The molecule has 0 spiro atoms. The third-order valence-corrected chi connectivity index (χ3v) is 8.54. The molecule has 3 atom stereocenters. The molecule has 0 amide bonds. The van der Waals surface area contributed by atoms with Crippen molar-refractivity contribution in [1.29, 1.82) is 0 Å². The summed E-state index contributed by atoms with van der Waals surface area (Å²) < 4.78 is 0. The molecule has 42 heavy (non-hydrogen) atoms. The van der Waals surface area contributed by atoms with Crippen molar-refractivity contribution in [2.24, 2.45) is 21.8 Å². The molecule has 3 aliphatic rings. The lowest BCUT2D eigenvalue weighted by atomic mass is 9.82. The van der Waals surface area contributed by atoms with Gasteiger partial charge in [0.05, 0.1) is 11.4 Å². The van der Waals surface area contributed by atoms with Gasteiger partial charge in [-0.15, -0.1) is 0 Å². The fourth-order valence-electron chi connectivity index (χ4n) is 6.27. The Hall–Kier alpha value is -5.26. The molecule has 5 aromatic carbocycles. The molecule has 0 saturated heterocycles. The topological polar surface area (TPSA) is 24.7 Å². The summed E-state index contributed by atoms with van der Waals surface area (Å²) in [6.45, 7) is 0. The molecule has 198 valence electrons. The summed E-state index contributed by atoms with van der Waals surface area (Å²) in [7, 11) is 0. The fourth-order valence-corrected chi connectivity index (χ4v) is 6.27. The number of benzene rings is 5. The summed E-state index contributed by atoms with van der Waals surface area (Å²) in [6.07, 6.45) is 11.3. The van der Waals surface area contributed by atoms with Gasteiger partial charge < -0.3 is 0 Å². The SMILES string of the molecule is C1#CC2C=CC(C3=NC(c4ccc(-c5cccc6ccccc56)cc4)N=C(c4ccc5ccccc5c4)C3)=C[C@@H]2C=C1. The van der Waals surface area contributed by atoms with Gasteiger partial charge in [-0.3, -0.25) is 9.98 Å². The monoisotopic (exact) mass is 536 g/mol. The molecule has 0 fully saturated rings. The van der Waals surface area contributed by atoms with Crippen LogP contribution in [0.25, 0.3) is 32.7 Å². The number of fused-ring (bicyclic) bond motifs is 3. The smallest absolute Gasteiger partial charge is 0.165 e. The van der Waals surface area contributed by atoms with E-state index in [4.69, 9.17) is 9.98 Å². The van der Waals surface area contributed by atoms with Crippen molar-refractivity contribution < 1.29 is 0 Å². The van der Waals surface area contributed by atoms with E-state index in [0.29, 0.717) is 6.42 Å². The number of hydrogen-bond donors (Lipinski definition) is 0. The molecule has 8 rings (SSSR count). The van der Waals surface area contributed by atoms with Gasteiger partial charge in [0.25, 0.3) is 0 Å². The van der Waals surface area contributed by atoms with E-state index in [0.717, 1.165) is 22.6 Å². The first kappa shape index (κ1) is 24.5. The molecule has 1 aliphatic heterocycles. The highest BCUT2D eigenvalue weighted by Crippen LogP contribution is 2.34. The lowest BCUT2D eigenvalue weighted by molar-refractivity contribution is 0.680. The third-order valence-electron chi connectivity index (χ3n) is 8.54. The Morgan fingerprint density at radius 2 is 1.40 bits per heavy atom. The van der Waals surface area contributed by atoms with Crippen LogP contribution in [0.1, 0.15) is 23.7 Å². The highest BCUT2D eigenvalue weighted by molar-refractivity contribution is 6.20. The number of aliphatic imine (C=N–C) groups is 2. The van der Waals surface area contributed by atoms with E-state index in [1.54, 1.807) is 0 Å². The summed E-state index contributed by atoms with van der Waals surface area (Å²) in [4.78, 5) is 10.5. The normalized spacial score (nSPS) is 20.8. The maximum Gasteiger partial charge on any atom is 0.165 e. The lowest BCUT2D eigenvalue weighted by Crippen LogP contribution is -2.21. The number of rotatable bonds is 4. The molecule has 0 N–H and O–H groups in total. The van der Waals surface area contributed by atoms with E-state index in [2.05, 4.69) is 145 Å². The first-order chi connectivity index (χ1) is 20.8. The molecule has 2 heteroatoms. The Morgan fingerprint density at radius 1 is 0.643 bits per heavy atom. The molecule has 1 heterocycles. The summed E-state index contributed by atoms with van der Waals surface area (Å²) >= 11 is 0. The van der Waals surface area contributed by atoms with E-state index in [1.807, 2.05) is 6.08 Å². The average Bonchev–Trinajstić information content (AvgIpc) is 3.07. The number of hydrogen-bond acceptors (Lipinski definition) is 2. The zero-order valence-corrected chi connectivity index (χ0v) is 23.1. The maximum atomic E-state index is 5.25. The van der Waals surface area contributed by atoms with E-state index in [-0.39, 0.29) is 18.0 Å². The minimum atomic E-state index is -0.300. The van der Waals surface area contributed by atoms with Crippen molar-refractivity contribution in [3.8, 4) is 23.0 Å². The van der Waals surface area contributed by atoms with Crippen LogP contribution in [0.3, 0.4) is 0 Å². The van der Waals surface area contributed by atoms with Crippen LogP contribution in [0, 0.1) is 23.7 Å². The molecule has 2 nitrogen and oxygen atoms in total. The Balaban J connectivity index is 1.19.